The van der Waals surface area contributed by atoms with Gasteiger partial charge in [0.05, 0.1) is 26.2 Å². The quantitative estimate of drug-likeness (QED) is 0.654. The van der Waals surface area contributed by atoms with E-state index in [1.807, 2.05) is 0 Å². The molecule has 0 radical (unpaired) electrons. The highest BCUT2D eigenvalue weighted by atomic mass is 16.5. The molecule has 0 spiro atoms. The van der Waals surface area contributed by atoms with Gasteiger partial charge >= 0.3 is 5.91 Å². The third kappa shape index (κ3) is 3.28. The van der Waals surface area contributed by atoms with Crippen LogP contribution >= 0.6 is 0 Å². The highest BCUT2D eigenvalue weighted by Gasteiger charge is 2.36. The summed E-state index contributed by atoms with van der Waals surface area (Å²) in [5.74, 6) is 0.425. The Labute approximate surface area is 93.0 Å². The maximum absolute atomic E-state index is 12.1. The van der Waals surface area contributed by atoms with Crippen molar-refractivity contribution in [2.24, 2.45) is 0 Å². The number of hydrogen-bond acceptors (Lipinski definition) is 2. The second kappa shape index (κ2) is 6.23. The third-order valence-electron chi connectivity index (χ3n) is 3.26. The molecule has 1 rings (SSSR count). The molecule has 0 aromatic heterocycles. The summed E-state index contributed by atoms with van der Waals surface area (Å²) in [6.07, 6.45) is 4.01. The van der Waals surface area contributed by atoms with Crippen molar-refractivity contribution in [3.05, 3.63) is 0 Å². The number of ether oxygens (including phenoxy) is 1. The third-order valence-corrected chi connectivity index (χ3v) is 3.26. The predicted molar refractivity (Wildman–Crippen MR) is 60.5 cm³/mol. The molecule has 1 aliphatic rings. The zero-order valence-corrected chi connectivity index (χ0v) is 10.1. The van der Waals surface area contributed by atoms with E-state index >= 15 is 0 Å². The van der Waals surface area contributed by atoms with Crippen molar-refractivity contribution in [2.45, 2.75) is 39.5 Å². The van der Waals surface area contributed by atoms with Gasteiger partial charge in [-0.25, -0.2) is 4.79 Å². The van der Waals surface area contributed by atoms with Crippen LogP contribution in [0.2, 0.25) is 0 Å². The molecule has 3 heteroatoms. The number of hydrogen-bond donors (Lipinski definition) is 0. The highest BCUT2D eigenvalue weighted by Crippen LogP contribution is 2.16. The molecule has 3 nitrogen and oxygen atoms in total. The van der Waals surface area contributed by atoms with E-state index < -0.39 is 0 Å². The van der Waals surface area contributed by atoms with Gasteiger partial charge in [0.2, 0.25) is 0 Å². The van der Waals surface area contributed by atoms with Crippen LogP contribution in [-0.4, -0.2) is 43.2 Å². The molecule has 0 N–H and O–H groups in total. The number of amides is 1. The van der Waals surface area contributed by atoms with Crippen molar-refractivity contribution in [1.29, 1.82) is 0 Å². The Morgan fingerprint density at radius 1 is 1.20 bits per heavy atom. The molecule has 1 heterocycles. The van der Waals surface area contributed by atoms with Gasteiger partial charge in [0.15, 0.2) is 0 Å². The lowest BCUT2D eigenvalue weighted by atomic mass is 10.2. The maximum atomic E-state index is 12.1. The normalized spacial score (nSPS) is 20.1. The molecule has 88 valence electrons. The van der Waals surface area contributed by atoms with Crippen LogP contribution in [0.3, 0.4) is 0 Å². The lowest BCUT2D eigenvalue weighted by Gasteiger charge is -2.38. The Hall–Kier alpha value is -0.410. The average Bonchev–Trinajstić information content (AvgIpc) is 2.28. The van der Waals surface area contributed by atoms with Gasteiger partial charge in [-0.1, -0.05) is 20.3 Å². The lowest BCUT2D eigenvalue weighted by Crippen LogP contribution is -2.59. The number of morpholine rings is 1. The second-order valence-corrected chi connectivity index (χ2v) is 4.43. The zero-order valence-electron chi connectivity index (χ0n) is 10.1. The number of quaternary nitrogens is 1. The minimum Gasteiger partial charge on any atom is -0.370 e. The fourth-order valence-corrected chi connectivity index (χ4v) is 2.20. The van der Waals surface area contributed by atoms with Gasteiger partial charge in [-0.05, 0) is 12.8 Å². The zero-order chi connectivity index (χ0) is 11.1. The Balaban J connectivity index is 2.61. The molecule has 0 bridgehead atoms. The van der Waals surface area contributed by atoms with Crippen molar-refractivity contribution < 1.29 is 14.0 Å². The Morgan fingerprint density at radius 3 is 2.40 bits per heavy atom. The molecule has 0 aromatic carbocycles. The van der Waals surface area contributed by atoms with Gasteiger partial charge in [0.1, 0.15) is 13.1 Å². The van der Waals surface area contributed by atoms with E-state index in [1.165, 1.54) is 6.42 Å². The lowest BCUT2D eigenvalue weighted by molar-refractivity contribution is -0.863. The predicted octanol–water partition coefficient (Wildman–Crippen LogP) is 1.96. The molecule has 0 unspecified atom stereocenters. The van der Waals surface area contributed by atoms with Gasteiger partial charge in [-0.15, -0.1) is 0 Å². The summed E-state index contributed by atoms with van der Waals surface area (Å²) in [5.41, 5.74) is 0. The summed E-state index contributed by atoms with van der Waals surface area (Å²) >= 11 is 0. The number of carbonyl (C=O) groups excluding carboxylic acids is 1. The van der Waals surface area contributed by atoms with Gasteiger partial charge in [0, 0.05) is 0 Å². The first-order valence-corrected chi connectivity index (χ1v) is 6.22. The van der Waals surface area contributed by atoms with Crippen LogP contribution in [0.5, 0.6) is 0 Å². The fraction of sp³-hybridized carbons (Fsp3) is 0.917. The summed E-state index contributed by atoms with van der Waals surface area (Å²) in [5, 5.41) is 0. The van der Waals surface area contributed by atoms with Crippen molar-refractivity contribution in [3.63, 3.8) is 0 Å². The van der Waals surface area contributed by atoms with E-state index in [0.29, 0.717) is 10.4 Å². The first kappa shape index (κ1) is 12.7. The Bertz CT molecular complexity index is 198. The molecule has 1 fully saturated rings. The van der Waals surface area contributed by atoms with Crippen LogP contribution in [0.1, 0.15) is 39.5 Å². The Morgan fingerprint density at radius 2 is 1.87 bits per heavy atom. The van der Waals surface area contributed by atoms with Gasteiger partial charge in [0.25, 0.3) is 0 Å². The molecule has 1 aliphatic heterocycles. The van der Waals surface area contributed by atoms with E-state index in [2.05, 4.69) is 13.8 Å². The molecular formula is C12H24NO2+. The van der Waals surface area contributed by atoms with Crippen molar-refractivity contribution >= 4 is 5.91 Å². The van der Waals surface area contributed by atoms with Crippen LogP contribution in [0.4, 0.5) is 0 Å². The minimum atomic E-state index is 0.425. The first-order chi connectivity index (χ1) is 7.25. The fourth-order valence-electron chi connectivity index (χ4n) is 2.20. The molecule has 15 heavy (non-hydrogen) atoms. The summed E-state index contributed by atoms with van der Waals surface area (Å²) < 4.78 is 6.05. The average molecular weight is 214 g/mol. The Kier molecular flexibility index (Phi) is 5.26. The standard InChI is InChI=1S/C12H24NO2/c1-3-5-7-13(12(14)6-4-2)8-10-15-11-9-13/h3-11H2,1-2H3/q+1. The molecule has 0 saturated carbocycles. The molecule has 0 aliphatic carbocycles. The van der Waals surface area contributed by atoms with Gasteiger partial charge in [-0.2, -0.15) is 0 Å². The van der Waals surface area contributed by atoms with Crippen molar-refractivity contribution in [1.82, 2.24) is 0 Å². The number of unbranched alkanes of at least 4 members (excludes halogenated alkanes) is 1. The topological polar surface area (TPSA) is 26.3 Å². The van der Waals surface area contributed by atoms with Crippen LogP contribution in [0.25, 0.3) is 0 Å². The highest BCUT2D eigenvalue weighted by molar-refractivity contribution is 5.69. The smallest absolute Gasteiger partial charge is 0.313 e. The van der Waals surface area contributed by atoms with Crippen molar-refractivity contribution in [2.75, 3.05) is 32.8 Å². The second-order valence-electron chi connectivity index (χ2n) is 4.43. The molecule has 0 atom stereocenters. The van der Waals surface area contributed by atoms with Crippen LogP contribution in [0, 0.1) is 0 Å². The van der Waals surface area contributed by atoms with E-state index in [9.17, 15) is 4.79 Å². The van der Waals surface area contributed by atoms with Crippen LogP contribution in [-0.2, 0) is 9.53 Å². The van der Waals surface area contributed by atoms with E-state index in [1.54, 1.807) is 0 Å². The number of carbonyl (C=O) groups is 1. The van der Waals surface area contributed by atoms with E-state index in [0.717, 1.165) is 52.1 Å². The molecule has 1 amide bonds. The maximum Gasteiger partial charge on any atom is 0.313 e. The molecule has 1 saturated heterocycles. The van der Waals surface area contributed by atoms with Gasteiger partial charge in [-0.3, -0.25) is 4.48 Å². The summed E-state index contributed by atoms with van der Waals surface area (Å²) in [6, 6.07) is 0. The number of rotatable bonds is 5. The molecule has 0 aromatic rings. The summed E-state index contributed by atoms with van der Waals surface area (Å²) in [7, 11) is 0. The molecular weight excluding hydrogens is 190 g/mol. The monoisotopic (exact) mass is 214 g/mol. The minimum absolute atomic E-state index is 0.425. The van der Waals surface area contributed by atoms with E-state index in [4.69, 9.17) is 4.74 Å². The van der Waals surface area contributed by atoms with E-state index in [-0.39, 0.29) is 0 Å². The van der Waals surface area contributed by atoms with Crippen molar-refractivity contribution in [3.8, 4) is 0 Å². The van der Waals surface area contributed by atoms with Crippen LogP contribution in [0.15, 0.2) is 0 Å². The first-order valence-electron chi connectivity index (χ1n) is 6.22. The summed E-state index contributed by atoms with van der Waals surface area (Å²) in [6.45, 7) is 8.55. The summed E-state index contributed by atoms with van der Waals surface area (Å²) in [4.78, 5) is 12.1. The van der Waals surface area contributed by atoms with Gasteiger partial charge < -0.3 is 4.74 Å². The largest absolute Gasteiger partial charge is 0.370 e. The van der Waals surface area contributed by atoms with Crippen LogP contribution < -0.4 is 0 Å². The SMILES string of the molecule is CCCC[N+]1(C(=O)CCC)CCOCC1. The number of nitrogens with zero attached hydrogens (tertiary/aromatic N) is 1.